The first-order chi connectivity index (χ1) is 7.97. The quantitative estimate of drug-likeness (QED) is 0.619. The van der Waals surface area contributed by atoms with Crippen LogP contribution in [0.2, 0.25) is 0 Å². The van der Waals surface area contributed by atoms with Crippen LogP contribution in [0.4, 0.5) is 17.3 Å². The second-order valence-electron chi connectivity index (χ2n) is 4.18. The molecule has 1 aromatic heterocycles. The minimum Gasteiger partial charge on any atom is -0.367 e. The summed E-state index contributed by atoms with van der Waals surface area (Å²) in [7, 11) is 3.39. The molecule has 1 aromatic rings. The van der Waals surface area contributed by atoms with Crippen LogP contribution in [-0.2, 0) is 0 Å². The number of hydrogen-bond donors (Lipinski definition) is 1. The molecule has 0 radical (unpaired) electrons. The smallest absolute Gasteiger partial charge is 0.353 e. The molecule has 1 N–H and O–H groups in total. The van der Waals surface area contributed by atoms with Gasteiger partial charge in [-0.15, -0.1) is 0 Å². The first-order valence-corrected chi connectivity index (χ1v) is 5.35. The van der Waals surface area contributed by atoms with Crippen molar-refractivity contribution in [2.45, 2.75) is 13.8 Å². The molecule has 0 aromatic carbocycles. The molecule has 0 aliphatic carbocycles. The third-order valence-corrected chi connectivity index (χ3v) is 2.22. The fourth-order valence-electron chi connectivity index (χ4n) is 1.63. The number of aromatic nitrogens is 2. The van der Waals surface area contributed by atoms with Crippen LogP contribution in [0.25, 0.3) is 0 Å². The average Bonchev–Trinajstić information content (AvgIpc) is 2.26. The van der Waals surface area contributed by atoms with Gasteiger partial charge in [-0.2, -0.15) is 0 Å². The first kappa shape index (κ1) is 13.1. The van der Waals surface area contributed by atoms with E-state index >= 15 is 0 Å². The van der Waals surface area contributed by atoms with E-state index < -0.39 is 4.92 Å². The summed E-state index contributed by atoms with van der Waals surface area (Å²) in [5.74, 6) is 0.964. The highest BCUT2D eigenvalue weighted by molar-refractivity contribution is 5.69. The van der Waals surface area contributed by atoms with E-state index in [-0.39, 0.29) is 11.5 Å². The maximum atomic E-state index is 11.1. The lowest BCUT2D eigenvalue weighted by atomic mass is 10.2. The molecule has 1 heterocycles. The minimum atomic E-state index is -0.460. The molecule has 1 rings (SSSR count). The second kappa shape index (κ2) is 5.42. The fraction of sp³-hybridized carbons (Fsp3) is 0.600. The van der Waals surface area contributed by atoms with E-state index in [1.54, 1.807) is 19.0 Å². The Morgan fingerprint density at radius 3 is 2.65 bits per heavy atom. The zero-order valence-corrected chi connectivity index (χ0v) is 10.5. The predicted molar refractivity (Wildman–Crippen MR) is 66.3 cm³/mol. The van der Waals surface area contributed by atoms with Gasteiger partial charge in [0.05, 0.1) is 4.92 Å². The van der Waals surface area contributed by atoms with Crippen molar-refractivity contribution in [1.82, 2.24) is 9.97 Å². The average molecular weight is 239 g/mol. The Hall–Kier alpha value is -1.92. The lowest BCUT2D eigenvalue weighted by Gasteiger charge is -2.20. The van der Waals surface area contributed by atoms with Gasteiger partial charge in [0.1, 0.15) is 6.33 Å². The molecule has 7 heteroatoms. The summed E-state index contributed by atoms with van der Waals surface area (Å²) in [5, 5.41) is 13.8. The summed E-state index contributed by atoms with van der Waals surface area (Å²) in [6, 6.07) is 0. The van der Waals surface area contributed by atoms with E-state index in [0.717, 1.165) is 0 Å². The predicted octanol–water partition coefficient (Wildman–Crippen LogP) is 1.52. The van der Waals surface area contributed by atoms with Crippen LogP contribution < -0.4 is 10.2 Å². The van der Waals surface area contributed by atoms with E-state index in [4.69, 9.17) is 0 Å². The van der Waals surface area contributed by atoms with Crippen LogP contribution in [0.5, 0.6) is 0 Å². The third kappa shape index (κ3) is 3.02. The molecule has 0 aliphatic heterocycles. The molecule has 0 bridgehead atoms. The SMILES string of the molecule is CNc1ncnc(N(C)CC(C)C)c1[N+](=O)[O-]. The summed E-state index contributed by atoms with van der Waals surface area (Å²) < 4.78 is 0. The normalized spacial score (nSPS) is 10.4. The van der Waals surface area contributed by atoms with Crippen molar-refractivity contribution < 1.29 is 4.92 Å². The Balaban J connectivity index is 3.18. The highest BCUT2D eigenvalue weighted by Gasteiger charge is 2.24. The van der Waals surface area contributed by atoms with Gasteiger partial charge in [-0.25, -0.2) is 9.97 Å². The van der Waals surface area contributed by atoms with Gasteiger partial charge in [-0.3, -0.25) is 10.1 Å². The van der Waals surface area contributed by atoms with Crippen molar-refractivity contribution in [2.24, 2.45) is 5.92 Å². The molecule has 0 unspecified atom stereocenters. The topological polar surface area (TPSA) is 84.2 Å². The Morgan fingerprint density at radius 1 is 1.53 bits per heavy atom. The molecule has 0 atom stereocenters. The van der Waals surface area contributed by atoms with Crippen molar-refractivity contribution in [3.05, 3.63) is 16.4 Å². The van der Waals surface area contributed by atoms with E-state index in [2.05, 4.69) is 15.3 Å². The zero-order valence-electron chi connectivity index (χ0n) is 10.5. The number of rotatable bonds is 5. The number of nitrogens with one attached hydrogen (secondary N) is 1. The second-order valence-corrected chi connectivity index (χ2v) is 4.18. The maximum Gasteiger partial charge on any atom is 0.353 e. The lowest BCUT2D eigenvalue weighted by molar-refractivity contribution is -0.383. The molecule has 0 amide bonds. The molecule has 0 saturated heterocycles. The molecule has 17 heavy (non-hydrogen) atoms. The monoisotopic (exact) mass is 239 g/mol. The number of nitrogens with zero attached hydrogens (tertiary/aromatic N) is 4. The summed E-state index contributed by atoms with van der Waals surface area (Å²) in [6.07, 6.45) is 1.32. The van der Waals surface area contributed by atoms with Crippen LogP contribution in [0.1, 0.15) is 13.8 Å². The standard InChI is InChI=1S/C10H17N5O2/c1-7(2)5-14(4)10-8(15(16)17)9(11-3)12-6-13-10/h6-7H,5H2,1-4H3,(H,11,12,13). The van der Waals surface area contributed by atoms with E-state index in [1.165, 1.54) is 6.33 Å². The summed E-state index contributed by atoms with van der Waals surface area (Å²) in [5.41, 5.74) is -0.0850. The Morgan fingerprint density at radius 2 is 2.18 bits per heavy atom. The summed E-state index contributed by atoms with van der Waals surface area (Å²) >= 11 is 0. The van der Waals surface area contributed by atoms with Gasteiger partial charge >= 0.3 is 5.69 Å². The summed E-state index contributed by atoms with van der Waals surface area (Å²) in [4.78, 5) is 20.2. The largest absolute Gasteiger partial charge is 0.367 e. The Kier molecular flexibility index (Phi) is 4.19. The number of anilines is 2. The van der Waals surface area contributed by atoms with Crippen LogP contribution in [-0.4, -0.2) is 35.5 Å². The highest BCUT2D eigenvalue weighted by Crippen LogP contribution is 2.30. The van der Waals surface area contributed by atoms with Crippen LogP contribution >= 0.6 is 0 Å². The van der Waals surface area contributed by atoms with Crippen molar-refractivity contribution in [1.29, 1.82) is 0 Å². The van der Waals surface area contributed by atoms with Crippen molar-refractivity contribution in [2.75, 3.05) is 30.9 Å². The van der Waals surface area contributed by atoms with Gasteiger partial charge in [0.2, 0.25) is 11.6 Å². The first-order valence-electron chi connectivity index (χ1n) is 5.35. The molecule has 0 aliphatic rings. The van der Waals surface area contributed by atoms with Crippen LogP contribution in [0.3, 0.4) is 0 Å². The minimum absolute atomic E-state index is 0.0850. The Labute approximate surface area is 100 Å². The molecule has 94 valence electrons. The lowest BCUT2D eigenvalue weighted by Crippen LogP contribution is -2.24. The third-order valence-electron chi connectivity index (χ3n) is 2.22. The molecular weight excluding hydrogens is 222 g/mol. The molecule has 0 saturated carbocycles. The van der Waals surface area contributed by atoms with E-state index in [1.807, 2.05) is 13.8 Å². The van der Waals surface area contributed by atoms with Gasteiger partial charge in [0.25, 0.3) is 0 Å². The van der Waals surface area contributed by atoms with Crippen molar-refractivity contribution >= 4 is 17.3 Å². The molecule has 7 nitrogen and oxygen atoms in total. The fourth-order valence-corrected chi connectivity index (χ4v) is 1.63. The highest BCUT2D eigenvalue weighted by atomic mass is 16.6. The van der Waals surface area contributed by atoms with Gasteiger partial charge in [0.15, 0.2) is 0 Å². The van der Waals surface area contributed by atoms with Crippen LogP contribution in [0.15, 0.2) is 6.33 Å². The van der Waals surface area contributed by atoms with Crippen LogP contribution in [0, 0.1) is 16.0 Å². The van der Waals surface area contributed by atoms with Crippen molar-refractivity contribution in [3.8, 4) is 0 Å². The van der Waals surface area contributed by atoms with Gasteiger partial charge in [-0.1, -0.05) is 13.8 Å². The molecule has 0 fully saturated rings. The molecular formula is C10H17N5O2. The van der Waals surface area contributed by atoms with Gasteiger partial charge in [-0.05, 0) is 5.92 Å². The van der Waals surface area contributed by atoms with Gasteiger partial charge < -0.3 is 10.2 Å². The zero-order chi connectivity index (χ0) is 13.0. The van der Waals surface area contributed by atoms with Gasteiger partial charge in [0, 0.05) is 20.6 Å². The molecule has 0 spiro atoms. The van der Waals surface area contributed by atoms with E-state index in [9.17, 15) is 10.1 Å². The number of nitro groups is 1. The Bertz CT molecular complexity index is 408. The van der Waals surface area contributed by atoms with Crippen molar-refractivity contribution in [3.63, 3.8) is 0 Å². The maximum absolute atomic E-state index is 11.1. The number of hydrogen-bond acceptors (Lipinski definition) is 6. The summed E-state index contributed by atoms with van der Waals surface area (Å²) in [6.45, 7) is 4.78. The van der Waals surface area contributed by atoms with E-state index in [0.29, 0.717) is 18.3 Å².